The van der Waals surface area contributed by atoms with Gasteiger partial charge in [0.1, 0.15) is 11.6 Å². The summed E-state index contributed by atoms with van der Waals surface area (Å²) < 4.78 is 23.4. The standard InChI is InChI=1S/C17H20FN3O3/c1-13-10-16(24-19-13)11-20-6-8-21(9-7-20)17(22)12-23-15-4-2-14(18)3-5-15/h2-5,10H,6-9,11-12H2,1H3. The van der Waals surface area contributed by atoms with Crippen LogP contribution in [0.25, 0.3) is 0 Å². The molecule has 3 rings (SSSR count). The van der Waals surface area contributed by atoms with Crippen molar-refractivity contribution in [1.82, 2.24) is 15.0 Å². The van der Waals surface area contributed by atoms with Gasteiger partial charge in [-0.1, -0.05) is 5.16 Å². The molecule has 2 aromatic rings. The third-order valence-corrected chi connectivity index (χ3v) is 3.96. The fourth-order valence-corrected chi connectivity index (χ4v) is 2.63. The molecule has 6 nitrogen and oxygen atoms in total. The molecule has 7 heteroatoms. The van der Waals surface area contributed by atoms with E-state index in [4.69, 9.17) is 9.26 Å². The van der Waals surface area contributed by atoms with Crippen molar-refractivity contribution in [3.05, 3.63) is 47.6 Å². The van der Waals surface area contributed by atoms with Crippen molar-refractivity contribution in [2.24, 2.45) is 0 Å². The fraction of sp³-hybridized carbons (Fsp3) is 0.412. The third-order valence-electron chi connectivity index (χ3n) is 3.96. The molecule has 0 radical (unpaired) electrons. The van der Waals surface area contributed by atoms with E-state index in [2.05, 4.69) is 10.1 Å². The molecule has 1 aliphatic heterocycles. The summed E-state index contributed by atoms with van der Waals surface area (Å²) in [5.41, 5.74) is 0.872. The molecular weight excluding hydrogens is 313 g/mol. The van der Waals surface area contributed by atoms with Crippen LogP contribution in [0.2, 0.25) is 0 Å². The lowest BCUT2D eigenvalue weighted by atomic mass is 10.3. The van der Waals surface area contributed by atoms with E-state index in [0.717, 1.165) is 24.5 Å². The molecule has 1 aromatic heterocycles. The predicted octanol–water partition coefficient (Wildman–Crippen LogP) is 1.85. The van der Waals surface area contributed by atoms with Crippen LogP contribution >= 0.6 is 0 Å². The number of benzene rings is 1. The highest BCUT2D eigenvalue weighted by molar-refractivity contribution is 5.77. The smallest absolute Gasteiger partial charge is 0.260 e. The van der Waals surface area contributed by atoms with Crippen LogP contribution < -0.4 is 4.74 Å². The van der Waals surface area contributed by atoms with Crippen LogP contribution in [0.5, 0.6) is 5.75 Å². The Balaban J connectivity index is 1.42. The lowest BCUT2D eigenvalue weighted by Crippen LogP contribution is -2.49. The van der Waals surface area contributed by atoms with Gasteiger partial charge in [-0.05, 0) is 31.2 Å². The number of halogens is 1. The van der Waals surface area contributed by atoms with Gasteiger partial charge in [-0.15, -0.1) is 0 Å². The molecule has 0 spiro atoms. The molecule has 0 atom stereocenters. The number of amides is 1. The minimum absolute atomic E-state index is 0.0348. The van der Waals surface area contributed by atoms with E-state index in [9.17, 15) is 9.18 Å². The number of hydrogen-bond acceptors (Lipinski definition) is 5. The molecule has 1 saturated heterocycles. The van der Waals surface area contributed by atoms with Gasteiger partial charge >= 0.3 is 0 Å². The van der Waals surface area contributed by atoms with Crippen molar-refractivity contribution in [3.8, 4) is 5.75 Å². The zero-order chi connectivity index (χ0) is 16.9. The molecule has 1 aromatic carbocycles. The molecule has 1 aliphatic rings. The van der Waals surface area contributed by atoms with Crippen LogP contribution in [0.1, 0.15) is 11.5 Å². The Kier molecular flexibility index (Phi) is 5.10. The molecular formula is C17H20FN3O3. The Morgan fingerprint density at radius 3 is 2.58 bits per heavy atom. The van der Waals surface area contributed by atoms with E-state index in [1.807, 2.05) is 13.0 Å². The van der Waals surface area contributed by atoms with E-state index in [1.54, 1.807) is 4.90 Å². The Morgan fingerprint density at radius 2 is 1.96 bits per heavy atom. The Bertz CT molecular complexity index is 679. The monoisotopic (exact) mass is 333 g/mol. The van der Waals surface area contributed by atoms with Crippen molar-refractivity contribution in [3.63, 3.8) is 0 Å². The summed E-state index contributed by atoms with van der Waals surface area (Å²) in [6, 6.07) is 7.57. The first-order chi connectivity index (χ1) is 11.6. The number of ether oxygens (including phenoxy) is 1. The van der Waals surface area contributed by atoms with Crippen LogP contribution in [0.4, 0.5) is 4.39 Å². The first-order valence-electron chi connectivity index (χ1n) is 7.91. The zero-order valence-electron chi connectivity index (χ0n) is 13.6. The van der Waals surface area contributed by atoms with Crippen LogP contribution in [0, 0.1) is 12.7 Å². The van der Waals surface area contributed by atoms with Crippen LogP contribution in [0.15, 0.2) is 34.9 Å². The van der Waals surface area contributed by atoms with Gasteiger partial charge < -0.3 is 14.2 Å². The van der Waals surface area contributed by atoms with Gasteiger partial charge in [0.15, 0.2) is 12.4 Å². The summed E-state index contributed by atoms with van der Waals surface area (Å²) in [5.74, 6) is 0.942. The molecule has 2 heterocycles. The predicted molar refractivity (Wildman–Crippen MR) is 85.0 cm³/mol. The van der Waals surface area contributed by atoms with Gasteiger partial charge in [0.2, 0.25) is 0 Å². The van der Waals surface area contributed by atoms with Crippen molar-refractivity contribution < 1.29 is 18.4 Å². The maximum absolute atomic E-state index is 12.8. The Morgan fingerprint density at radius 1 is 1.25 bits per heavy atom. The lowest BCUT2D eigenvalue weighted by molar-refractivity contribution is -0.135. The lowest BCUT2D eigenvalue weighted by Gasteiger charge is -2.34. The first-order valence-corrected chi connectivity index (χ1v) is 7.91. The highest BCUT2D eigenvalue weighted by Gasteiger charge is 2.22. The molecule has 0 N–H and O–H groups in total. The number of aromatic nitrogens is 1. The third kappa shape index (κ3) is 4.32. The van der Waals surface area contributed by atoms with Crippen molar-refractivity contribution >= 4 is 5.91 Å². The van der Waals surface area contributed by atoms with E-state index >= 15 is 0 Å². The van der Waals surface area contributed by atoms with Gasteiger partial charge in [0.05, 0.1) is 12.2 Å². The minimum atomic E-state index is -0.327. The van der Waals surface area contributed by atoms with Gasteiger partial charge in [0, 0.05) is 32.2 Å². The van der Waals surface area contributed by atoms with Crippen LogP contribution in [-0.4, -0.2) is 53.6 Å². The Hall–Kier alpha value is -2.41. The molecule has 0 saturated carbocycles. The average molecular weight is 333 g/mol. The summed E-state index contributed by atoms with van der Waals surface area (Å²) in [6.07, 6.45) is 0. The second-order valence-corrected chi connectivity index (χ2v) is 5.83. The molecule has 24 heavy (non-hydrogen) atoms. The number of rotatable bonds is 5. The quantitative estimate of drug-likeness (QED) is 0.836. The molecule has 0 bridgehead atoms. The number of nitrogens with zero attached hydrogens (tertiary/aromatic N) is 3. The van der Waals surface area contributed by atoms with Crippen molar-refractivity contribution in [2.45, 2.75) is 13.5 Å². The van der Waals surface area contributed by atoms with Gasteiger partial charge in [-0.25, -0.2) is 4.39 Å². The maximum atomic E-state index is 12.8. The zero-order valence-corrected chi connectivity index (χ0v) is 13.6. The molecule has 1 amide bonds. The fourth-order valence-electron chi connectivity index (χ4n) is 2.63. The first kappa shape index (κ1) is 16.4. The summed E-state index contributed by atoms with van der Waals surface area (Å²) in [7, 11) is 0. The normalized spacial score (nSPS) is 15.5. The second kappa shape index (κ2) is 7.44. The molecule has 0 unspecified atom stereocenters. The maximum Gasteiger partial charge on any atom is 0.260 e. The molecule has 1 fully saturated rings. The molecule has 0 aliphatic carbocycles. The molecule has 128 valence electrons. The summed E-state index contributed by atoms with van der Waals surface area (Å²) in [6.45, 7) is 5.42. The number of hydrogen-bond donors (Lipinski definition) is 0. The van der Waals surface area contributed by atoms with E-state index in [0.29, 0.717) is 25.4 Å². The summed E-state index contributed by atoms with van der Waals surface area (Å²) >= 11 is 0. The second-order valence-electron chi connectivity index (χ2n) is 5.83. The van der Waals surface area contributed by atoms with Crippen molar-refractivity contribution in [2.75, 3.05) is 32.8 Å². The van der Waals surface area contributed by atoms with Gasteiger partial charge in [-0.2, -0.15) is 0 Å². The summed E-state index contributed by atoms with van der Waals surface area (Å²) in [5, 5.41) is 3.88. The minimum Gasteiger partial charge on any atom is -0.484 e. The van der Waals surface area contributed by atoms with Crippen LogP contribution in [0.3, 0.4) is 0 Å². The SMILES string of the molecule is Cc1cc(CN2CCN(C(=O)COc3ccc(F)cc3)CC2)on1. The van der Waals surface area contributed by atoms with Crippen LogP contribution in [-0.2, 0) is 11.3 Å². The number of carbonyl (C=O) groups is 1. The van der Waals surface area contributed by atoms with Gasteiger partial charge in [-0.3, -0.25) is 9.69 Å². The summed E-state index contributed by atoms with van der Waals surface area (Å²) in [4.78, 5) is 16.2. The highest BCUT2D eigenvalue weighted by atomic mass is 19.1. The number of aryl methyl sites for hydroxylation is 1. The van der Waals surface area contributed by atoms with E-state index in [-0.39, 0.29) is 18.3 Å². The van der Waals surface area contributed by atoms with Crippen molar-refractivity contribution in [1.29, 1.82) is 0 Å². The van der Waals surface area contributed by atoms with E-state index < -0.39 is 0 Å². The topological polar surface area (TPSA) is 58.8 Å². The van der Waals surface area contributed by atoms with Gasteiger partial charge in [0.25, 0.3) is 5.91 Å². The largest absolute Gasteiger partial charge is 0.484 e. The number of carbonyl (C=O) groups excluding carboxylic acids is 1. The average Bonchev–Trinajstić information content (AvgIpc) is 2.99. The Labute approximate surface area is 139 Å². The number of piperazine rings is 1. The van der Waals surface area contributed by atoms with E-state index in [1.165, 1.54) is 24.3 Å². The highest BCUT2D eigenvalue weighted by Crippen LogP contribution is 2.12.